The molecule has 1 N–H and O–H groups in total. The van der Waals surface area contributed by atoms with E-state index in [-0.39, 0.29) is 24.1 Å². The molecule has 1 heterocycles. The van der Waals surface area contributed by atoms with Crippen LogP contribution < -0.4 is 5.32 Å². The maximum atomic E-state index is 13.2. The van der Waals surface area contributed by atoms with Gasteiger partial charge in [0.1, 0.15) is 5.82 Å². The van der Waals surface area contributed by atoms with Crippen LogP contribution in [0.25, 0.3) is 0 Å². The number of amides is 2. The largest absolute Gasteiger partial charge is 0.336 e. The molecule has 2 amide bonds. The number of carbonyl (C=O) groups excluding carboxylic acids is 2. The maximum Gasteiger partial charge on any atom is 0.253 e. The second kappa shape index (κ2) is 8.10. The van der Waals surface area contributed by atoms with Crippen LogP contribution in [-0.2, 0) is 11.2 Å². The third kappa shape index (κ3) is 4.67. The molecular weight excluding hydrogens is 333 g/mol. The number of piperazine rings is 1. The number of rotatable bonds is 4. The highest BCUT2D eigenvalue weighted by Gasteiger charge is 2.20. The van der Waals surface area contributed by atoms with Gasteiger partial charge in [0.2, 0.25) is 5.91 Å². The maximum absolute atomic E-state index is 13.2. The molecule has 0 unspecified atom stereocenters. The van der Waals surface area contributed by atoms with E-state index < -0.39 is 0 Å². The fraction of sp³-hybridized carbons (Fsp3) is 0.300. The van der Waals surface area contributed by atoms with E-state index in [4.69, 9.17) is 0 Å². The molecule has 2 aromatic rings. The van der Waals surface area contributed by atoms with Crippen LogP contribution in [-0.4, -0.2) is 54.8 Å². The van der Waals surface area contributed by atoms with E-state index in [1.165, 1.54) is 12.1 Å². The highest BCUT2D eigenvalue weighted by molar-refractivity contribution is 5.96. The molecule has 6 heteroatoms. The van der Waals surface area contributed by atoms with Gasteiger partial charge in [0, 0.05) is 37.4 Å². The third-order valence-electron chi connectivity index (χ3n) is 4.46. The number of likely N-dealkylation sites (N-methyl/N-ethyl adjacent to an activating group) is 1. The van der Waals surface area contributed by atoms with E-state index >= 15 is 0 Å². The van der Waals surface area contributed by atoms with Crippen molar-refractivity contribution in [2.75, 3.05) is 38.5 Å². The number of hydrogen-bond donors (Lipinski definition) is 1. The first-order chi connectivity index (χ1) is 12.5. The smallest absolute Gasteiger partial charge is 0.253 e. The molecule has 0 aromatic heterocycles. The van der Waals surface area contributed by atoms with Crippen molar-refractivity contribution in [3.63, 3.8) is 0 Å². The second-order valence-corrected chi connectivity index (χ2v) is 6.53. The summed E-state index contributed by atoms with van der Waals surface area (Å²) in [4.78, 5) is 28.6. The van der Waals surface area contributed by atoms with E-state index in [2.05, 4.69) is 10.2 Å². The average molecular weight is 355 g/mol. The van der Waals surface area contributed by atoms with Crippen molar-refractivity contribution in [3.8, 4) is 0 Å². The quantitative estimate of drug-likeness (QED) is 0.916. The molecule has 0 aliphatic carbocycles. The lowest BCUT2D eigenvalue weighted by molar-refractivity contribution is -0.115. The summed E-state index contributed by atoms with van der Waals surface area (Å²) in [6, 6.07) is 12.8. The first kappa shape index (κ1) is 18.1. The molecule has 26 heavy (non-hydrogen) atoms. The van der Waals surface area contributed by atoms with Crippen LogP contribution in [0.15, 0.2) is 48.5 Å². The number of halogens is 1. The van der Waals surface area contributed by atoms with Crippen LogP contribution in [0, 0.1) is 5.82 Å². The van der Waals surface area contributed by atoms with Crippen LogP contribution in [0.4, 0.5) is 10.1 Å². The molecule has 3 rings (SSSR count). The van der Waals surface area contributed by atoms with Gasteiger partial charge in [-0.2, -0.15) is 0 Å². The Morgan fingerprint density at radius 1 is 1.04 bits per heavy atom. The Morgan fingerprint density at radius 3 is 2.38 bits per heavy atom. The highest BCUT2D eigenvalue weighted by atomic mass is 19.1. The van der Waals surface area contributed by atoms with Gasteiger partial charge >= 0.3 is 0 Å². The van der Waals surface area contributed by atoms with E-state index in [0.29, 0.717) is 16.8 Å². The Kier molecular flexibility index (Phi) is 5.63. The van der Waals surface area contributed by atoms with Crippen molar-refractivity contribution in [1.29, 1.82) is 0 Å². The number of nitrogens with zero attached hydrogens (tertiary/aromatic N) is 2. The number of benzene rings is 2. The topological polar surface area (TPSA) is 52.6 Å². The summed E-state index contributed by atoms with van der Waals surface area (Å²) < 4.78 is 13.2. The molecule has 0 saturated carbocycles. The molecule has 5 nitrogen and oxygen atoms in total. The van der Waals surface area contributed by atoms with Gasteiger partial charge in [0.25, 0.3) is 5.91 Å². The number of nitrogens with one attached hydrogen (secondary N) is 1. The Morgan fingerprint density at radius 2 is 1.73 bits per heavy atom. The van der Waals surface area contributed by atoms with Crippen molar-refractivity contribution >= 4 is 17.5 Å². The molecular formula is C20H22FN3O2. The van der Waals surface area contributed by atoms with Gasteiger partial charge < -0.3 is 15.1 Å². The minimum atomic E-state index is -0.359. The average Bonchev–Trinajstić information content (AvgIpc) is 2.62. The minimum absolute atomic E-state index is 0.00994. The summed E-state index contributed by atoms with van der Waals surface area (Å²) >= 11 is 0. The van der Waals surface area contributed by atoms with Crippen molar-refractivity contribution < 1.29 is 14.0 Å². The monoisotopic (exact) mass is 355 g/mol. The van der Waals surface area contributed by atoms with Crippen LogP contribution >= 0.6 is 0 Å². The van der Waals surface area contributed by atoms with Crippen LogP contribution in [0.3, 0.4) is 0 Å². The fourth-order valence-electron chi connectivity index (χ4n) is 2.93. The number of carbonyl (C=O) groups is 2. The molecule has 0 atom stereocenters. The molecule has 1 aliphatic heterocycles. The lowest BCUT2D eigenvalue weighted by Gasteiger charge is -2.32. The molecule has 1 aliphatic rings. The lowest BCUT2D eigenvalue weighted by atomic mass is 10.1. The van der Waals surface area contributed by atoms with Gasteiger partial charge in [-0.1, -0.05) is 12.1 Å². The summed E-state index contributed by atoms with van der Waals surface area (Å²) in [6.07, 6.45) is 0.0970. The van der Waals surface area contributed by atoms with Gasteiger partial charge in [-0.3, -0.25) is 9.59 Å². The Bertz CT molecular complexity index is 784. The van der Waals surface area contributed by atoms with Gasteiger partial charge in [0.15, 0.2) is 0 Å². The third-order valence-corrected chi connectivity index (χ3v) is 4.46. The van der Waals surface area contributed by atoms with Crippen molar-refractivity contribution in [3.05, 3.63) is 65.5 Å². The van der Waals surface area contributed by atoms with E-state index in [1.807, 2.05) is 11.9 Å². The fourth-order valence-corrected chi connectivity index (χ4v) is 2.93. The number of anilines is 1. The molecule has 1 saturated heterocycles. The number of hydrogen-bond acceptors (Lipinski definition) is 3. The summed E-state index contributed by atoms with van der Waals surface area (Å²) in [6.45, 7) is 3.20. The molecule has 0 radical (unpaired) electrons. The molecule has 1 fully saturated rings. The zero-order chi connectivity index (χ0) is 18.5. The van der Waals surface area contributed by atoms with Crippen LogP contribution in [0.2, 0.25) is 0 Å². The first-order valence-electron chi connectivity index (χ1n) is 8.63. The normalized spacial score (nSPS) is 14.9. The molecule has 136 valence electrons. The summed E-state index contributed by atoms with van der Waals surface area (Å²) in [5.74, 6) is -0.577. The lowest BCUT2D eigenvalue weighted by Crippen LogP contribution is -2.47. The highest BCUT2D eigenvalue weighted by Crippen LogP contribution is 2.14. The van der Waals surface area contributed by atoms with Gasteiger partial charge in [-0.15, -0.1) is 0 Å². The Hall–Kier alpha value is -2.73. The van der Waals surface area contributed by atoms with Crippen molar-refractivity contribution in [1.82, 2.24) is 9.80 Å². The SMILES string of the molecule is CN1CCN(C(=O)c2ccc(NC(=O)Cc3cccc(F)c3)cc2)CC1. The molecule has 0 bridgehead atoms. The predicted molar refractivity (Wildman–Crippen MR) is 98.6 cm³/mol. The molecule has 2 aromatic carbocycles. The standard InChI is InChI=1S/C20H22FN3O2/c1-23-9-11-24(12-10-23)20(26)16-5-7-18(8-6-16)22-19(25)14-15-3-2-4-17(21)13-15/h2-8,13H,9-12,14H2,1H3,(H,22,25). The Labute approximate surface area is 152 Å². The first-order valence-corrected chi connectivity index (χ1v) is 8.63. The second-order valence-electron chi connectivity index (χ2n) is 6.53. The summed E-state index contributed by atoms with van der Waals surface area (Å²) in [7, 11) is 2.04. The van der Waals surface area contributed by atoms with Gasteiger partial charge in [-0.25, -0.2) is 4.39 Å². The molecule has 0 spiro atoms. The predicted octanol–water partition coefficient (Wildman–Crippen LogP) is 2.39. The summed E-state index contributed by atoms with van der Waals surface area (Å²) in [5.41, 5.74) is 1.84. The van der Waals surface area contributed by atoms with Gasteiger partial charge in [-0.05, 0) is 49.0 Å². The van der Waals surface area contributed by atoms with E-state index in [9.17, 15) is 14.0 Å². The van der Waals surface area contributed by atoms with Crippen LogP contribution in [0.5, 0.6) is 0 Å². The zero-order valence-corrected chi connectivity index (χ0v) is 14.7. The van der Waals surface area contributed by atoms with Crippen molar-refractivity contribution in [2.45, 2.75) is 6.42 Å². The van der Waals surface area contributed by atoms with Gasteiger partial charge in [0.05, 0.1) is 6.42 Å². The van der Waals surface area contributed by atoms with E-state index in [0.717, 1.165) is 26.2 Å². The zero-order valence-electron chi connectivity index (χ0n) is 14.7. The van der Waals surface area contributed by atoms with E-state index in [1.54, 1.807) is 36.4 Å². The Balaban J connectivity index is 1.57. The summed E-state index contributed by atoms with van der Waals surface area (Å²) in [5, 5.41) is 2.77. The van der Waals surface area contributed by atoms with Crippen LogP contribution in [0.1, 0.15) is 15.9 Å². The van der Waals surface area contributed by atoms with Crippen molar-refractivity contribution in [2.24, 2.45) is 0 Å². The minimum Gasteiger partial charge on any atom is -0.336 e.